The van der Waals surface area contributed by atoms with Crippen LogP contribution in [0.25, 0.3) is 0 Å². The van der Waals surface area contributed by atoms with Gasteiger partial charge in [-0.25, -0.2) is 8.78 Å². The summed E-state index contributed by atoms with van der Waals surface area (Å²) in [5.74, 6) is 2.14. The van der Waals surface area contributed by atoms with Crippen LogP contribution < -0.4 is 0 Å². The van der Waals surface area contributed by atoms with E-state index in [0.29, 0.717) is 23.5 Å². The molecule has 0 nitrogen and oxygen atoms in total. The third kappa shape index (κ3) is 4.94. The van der Waals surface area contributed by atoms with Crippen molar-refractivity contribution in [2.24, 2.45) is 23.7 Å². The molecule has 5 atom stereocenters. The van der Waals surface area contributed by atoms with E-state index in [1.807, 2.05) is 0 Å². The van der Waals surface area contributed by atoms with Crippen LogP contribution in [0.4, 0.5) is 8.78 Å². The minimum absolute atomic E-state index is 0.232. The number of halogens is 2. The Morgan fingerprint density at radius 1 is 0.867 bits per heavy atom. The zero-order valence-electron chi connectivity index (χ0n) is 19.3. The fourth-order valence-electron chi connectivity index (χ4n) is 6.90. The molecule has 0 heterocycles. The largest absolute Gasteiger partial charge is 0.203 e. The van der Waals surface area contributed by atoms with Gasteiger partial charge in [-0.15, -0.1) is 0 Å². The van der Waals surface area contributed by atoms with Gasteiger partial charge in [0.2, 0.25) is 0 Å². The lowest BCUT2D eigenvalue weighted by molar-refractivity contribution is 0.112. The van der Waals surface area contributed by atoms with Crippen molar-refractivity contribution in [1.29, 1.82) is 0 Å². The monoisotopic (exact) mass is 416 g/mol. The van der Waals surface area contributed by atoms with Crippen LogP contribution in [0.1, 0.15) is 120 Å². The summed E-state index contributed by atoms with van der Waals surface area (Å²) < 4.78 is 29.9. The summed E-state index contributed by atoms with van der Waals surface area (Å²) in [5, 5.41) is 0. The molecule has 30 heavy (non-hydrogen) atoms. The molecule has 0 spiro atoms. The fourth-order valence-corrected chi connectivity index (χ4v) is 6.90. The number of fused-ring (bicyclic) bond motifs is 2. The highest BCUT2D eigenvalue weighted by molar-refractivity contribution is 5.38. The van der Waals surface area contributed by atoms with Crippen LogP contribution in [0, 0.1) is 35.3 Å². The first kappa shape index (κ1) is 22.3. The van der Waals surface area contributed by atoms with Gasteiger partial charge in [-0.1, -0.05) is 64.9 Å². The molecular weight excluding hydrogens is 374 g/mol. The fraction of sp³-hybridized carbons (Fsp3) is 0.786. The molecule has 0 aliphatic heterocycles. The number of hydrogen-bond donors (Lipinski definition) is 0. The molecule has 0 bridgehead atoms. The molecule has 4 rings (SSSR count). The smallest absolute Gasteiger partial charge is 0.162 e. The third-order valence-electron chi connectivity index (χ3n) is 8.76. The Balaban J connectivity index is 1.35. The first-order chi connectivity index (χ1) is 14.6. The van der Waals surface area contributed by atoms with Crippen molar-refractivity contribution in [3.63, 3.8) is 0 Å². The van der Waals surface area contributed by atoms with Crippen LogP contribution in [-0.2, 0) is 12.8 Å². The summed E-state index contributed by atoms with van der Waals surface area (Å²) in [6, 6.07) is 2.06. The van der Waals surface area contributed by atoms with Gasteiger partial charge in [0.15, 0.2) is 11.6 Å². The van der Waals surface area contributed by atoms with Gasteiger partial charge in [0, 0.05) is 0 Å². The minimum atomic E-state index is -0.525. The molecule has 5 unspecified atom stereocenters. The van der Waals surface area contributed by atoms with Crippen molar-refractivity contribution >= 4 is 0 Å². The van der Waals surface area contributed by atoms with E-state index in [1.165, 1.54) is 64.2 Å². The predicted octanol–water partition coefficient (Wildman–Crippen LogP) is 8.75. The van der Waals surface area contributed by atoms with Crippen molar-refractivity contribution in [2.75, 3.05) is 0 Å². The van der Waals surface area contributed by atoms with Crippen LogP contribution >= 0.6 is 0 Å². The second kappa shape index (κ2) is 10.1. The molecule has 0 N–H and O–H groups in total. The Labute approximate surface area is 183 Å². The van der Waals surface area contributed by atoms with Crippen LogP contribution in [-0.4, -0.2) is 0 Å². The summed E-state index contributed by atoms with van der Waals surface area (Å²) in [4.78, 5) is 0. The van der Waals surface area contributed by atoms with Gasteiger partial charge in [-0.05, 0) is 97.6 Å². The average molecular weight is 417 g/mol. The van der Waals surface area contributed by atoms with E-state index >= 15 is 4.39 Å². The number of benzene rings is 1. The Kier molecular flexibility index (Phi) is 7.53. The molecule has 0 aromatic heterocycles. The lowest BCUT2D eigenvalue weighted by atomic mass is 9.63. The molecule has 2 heteroatoms. The van der Waals surface area contributed by atoms with Gasteiger partial charge in [0.05, 0.1) is 0 Å². The highest BCUT2D eigenvalue weighted by atomic mass is 19.2. The minimum Gasteiger partial charge on any atom is -0.203 e. The van der Waals surface area contributed by atoms with E-state index in [9.17, 15) is 4.39 Å². The molecule has 1 aromatic rings. The highest BCUT2D eigenvalue weighted by Gasteiger charge is 2.37. The molecule has 0 radical (unpaired) electrons. The maximum atomic E-state index is 15.0. The molecular formula is C28H42F2. The van der Waals surface area contributed by atoms with Gasteiger partial charge >= 0.3 is 0 Å². The Hall–Kier alpha value is -0.920. The van der Waals surface area contributed by atoms with E-state index in [1.54, 1.807) is 0 Å². The van der Waals surface area contributed by atoms with E-state index in [2.05, 4.69) is 19.9 Å². The Morgan fingerprint density at radius 3 is 2.47 bits per heavy atom. The summed E-state index contributed by atoms with van der Waals surface area (Å²) in [7, 11) is 0. The van der Waals surface area contributed by atoms with Crippen molar-refractivity contribution in [1.82, 2.24) is 0 Å². The topological polar surface area (TPSA) is 0 Å². The van der Waals surface area contributed by atoms with Gasteiger partial charge < -0.3 is 0 Å². The lowest BCUT2D eigenvalue weighted by Gasteiger charge is -2.42. The zero-order chi connectivity index (χ0) is 21.1. The second-order valence-electron chi connectivity index (χ2n) is 11.0. The van der Waals surface area contributed by atoms with Gasteiger partial charge in [0.25, 0.3) is 0 Å². The number of rotatable bonds is 7. The summed E-state index contributed by atoms with van der Waals surface area (Å²) >= 11 is 0. The summed E-state index contributed by atoms with van der Waals surface area (Å²) in [6.45, 7) is 4.43. The zero-order valence-corrected chi connectivity index (χ0v) is 19.3. The van der Waals surface area contributed by atoms with E-state index < -0.39 is 11.6 Å². The molecule has 1 aromatic carbocycles. The number of hydrogen-bond acceptors (Lipinski definition) is 0. The van der Waals surface area contributed by atoms with Crippen molar-refractivity contribution in [3.05, 3.63) is 34.4 Å². The van der Waals surface area contributed by atoms with Crippen LogP contribution in [0.2, 0.25) is 0 Å². The number of aryl methyl sites for hydroxylation is 1. The maximum Gasteiger partial charge on any atom is 0.162 e. The van der Waals surface area contributed by atoms with Crippen LogP contribution in [0.5, 0.6) is 0 Å². The van der Waals surface area contributed by atoms with E-state index in [-0.39, 0.29) is 5.92 Å². The SMILES string of the molecule is CCCCCCCC1CCC2CC(c3cc4c(c(F)c3F)CC(C)CC4)CCC2C1. The first-order valence-corrected chi connectivity index (χ1v) is 13.1. The molecule has 0 amide bonds. The molecule has 168 valence electrons. The predicted molar refractivity (Wildman–Crippen MR) is 122 cm³/mol. The highest BCUT2D eigenvalue weighted by Crippen LogP contribution is 2.49. The van der Waals surface area contributed by atoms with Crippen LogP contribution in [0.15, 0.2) is 6.07 Å². The average Bonchev–Trinajstić information content (AvgIpc) is 2.76. The lowest BCUT2D eigenvalue weighted by Crippen LogP contribution is -2.31. The van der Waals surface area contributed by atoms with Gasteiger partial charge in [-0.2, -0.15) is 0 Å². The van der Waals surface area contributed by atoms with Crippen molar-refractivity contribution in [2.45, 2.75) is 116 Å². The third-order valence-corrected chi connectivity index (χ3v) is 8.76. The summed E-state index contributed by atoms with van der Waals surface area (Å²) in [6.07, 6.45) is 18.5. The Bertz CT molecular complexity index is 709. The second-order valence-corrected chi connectivity index (χ2v) is 11.0. The maximum absolute atomic E-state index is 15.0. The molecule has 3 aliphatic carbocycles. The quantitative estimate of drug-likeness (QED) is 0.390. The molecule has 0 saturated heterocycles. The van der Waals surface area contributed by atoms with Gasteiger partial charge in [-0.3, -0.25) is 0 Å². The Morgan fingerprint density at radius 2 is 1.63 bits per heavy atom. The normalized spacial score (nSPS) is 31.3. The van der Waals surface area contributed by atoms with Crippen molar-refractivity contribution in [3.8, 4) is 0 Å². The molecule has 2 saturated carbocycles. The standard InChI is InChI=1S/C28H42F2/c1-3-4-5-6-7-8-20-10-12-22-17-23(14-13-21(22)16-20)26-18-24-11-9-19(2)15-25(24)27(29)28(26)30/h18-23H,3-17H2,1-2H3. The van der Waals surface area contributed by atoms with Crippen molar-refractivity contribution < 1.29 is 8.78 Å². The first-order valence-electron chi connectivity index (χ1n) is 13.1. The van der Waals surface area contributed by atoms with Gasteiger partial charge in [0.1, 0.15) is 0 Å². The summed E-state index contributed by atoms with van der Waals surface area (Å²) in [5.41, 5.74) is 2.47. The van der Waals surface area contributed by atoms with E-state index in [4.69, 9.17) is 0 Å². The molecule has 2 fully saturated rings. The molecule has 3 aliphatic rings. The number of unbranched alkanes of at least 4 members (excludes halogenated alkanes) is 4. The van der Waals surface area contributed by atoms with Crippen LogP contribution in [0.3, 0.4) is 0 Å². The van der Waals surface area contributed by atoms with E-state index in [0.717, 1.165) is 49.0 Å².